The zero-order valence-corrected chi connectivity index (χ0v) is 31.2. The molecule has 2 aromatic carbocycles. The van der Waals surface area contributed by atoms with Crippen LogP contribution in [-0.4, -0.2) is 35.7 Å². The first kappa shape index (κ1) is 37.4. The Kier molecular flexibility index (Phi) is 13.5. The molecule has 0 aliphatic carbocycles. The molecule has 0 aliphatic rings. The molecule has 0 bridgehead atoms. The molecule has 0 saturated heterocycles. The van der Waals surface area contributed by atoms with Gasteiger partial charge < -0.3 is 14.8 Å². The lowest BCUT2D eigenvalue weighted by Gasteiger charge is -2.42. The second kappa shape index (κ2) is 15.5. The molecule has 242 valence electrons. The van der Waals surface area contributed by atoms with Crippen LogP contribution in [0, 0.1) is 5.92 Å². The van der Waals surface area contributed by atoms with Gasteiger partial charge in [0.2, 0.25) is 0 Å². The fraction of sp³-hybridized carbons (Fsp3) is 0.658. The van der Waals surface area contributed by atoms with Gasteiger partial charge >= 0.3 is 0 Å². The lowest BCUT2D eigenvalue weighted by molar-refractivity contribution is -0.175. The van der Waals surface area contributed by atoms with Crippen LogP contribution in [0.4, 0.5) is 11.4 Å². The van der Waals surface area contributed by atoms with Crippen molar-refractivity contribution in [1.82, 2.24) is 0 Å². The van der Waals surface area contributed by atoms with E-state index in [0.29, 0.717) is 17.8 Å². The number of methoxy groups -OCH3 is 1. The summed E-state index contributed by atoms with van der Waals surface area (Å²) >= 11 is 0. The van der Waals surface area contributed by atoms with E-state index in [9.17, 15) is 0 Å². The monoisotopic (exact) mass is 610 g/mol. The Labute approximate surface area is 266 Å². The van der Waals surface area contributed by atoms with Crippen LogP contribution in [-0.2, 0) is 9.47 Å². The highest BCUT2D eigenvalue weighted by molar-refractivity contribution is 7.61. The van der Waals surface area contributed by atoms with Crippen molar-refractivity contribution in [3.63, 3.8) is 0 Å². The molecule has 2 rings (SSSR count). The number of anilines is 1. The predicted molar refractivity (Wildman–Crippen MR) is 192 cm³/mol. The van der Waals surface area contributed by atoms with Crippen LogP contribution in [0.2, 0.25) is 0 Å². The van der Waals surface area contributed by atoms with Crippen LogP contribution >= 0.6 is 7.92 Å². The SMILES string of the molecule is COC(OC(C)c1cccc(C(C)C)c1N=C(CP(C(C)(C)C)C(C)(C)C)Nc1c(C(C)C)cccc1C(C)C)C(C)C. The lowest BCUT2D eigenvalue weighted by Crippen LogP contribution is -2.31. The van der Waals surface area contributed by atoms with Gasteiger partial charge in [0.05, 0.1) is 11.8 Å². The minimum Gasteiger partial charge on any atom is -0.356 e. The highest BCUT2D eigenvalue weighted by Gasteiger charge is 2.35. The van der Waals surface area contributed by atoms with Crippen LogP contribution < -0.4 is 5.32 Å². The second-order valence-corrected chi connectivity index (χ2v) is 19.2. The van der Waals surface area contributed by atoms with Gasteiger partial charge in [-0.05, 0) is 51.7 Å². The van der Waals surface area contributed by atoms with Gasteiger partial charge in [-0.1, -0.05) is 141 Å². The van der Waals surface area contributed by atoms with E-state index in [1.54, 1.807) is 7.11 Å². The Morgan fingerprint density at radius 1 is 0.721 bits per heavy atom. The molecular weight excluding hydrogens is 547 g/mol. The molecular formula is C38H63N2O2P. The molecule has 0 amide bonds. The largest absolute Gasteiger partial charge is 0.356 e. The van der Waals surface area contributed by atoms with Gasteiger partial charge in [-0.25, -0.2) is 4.99 Å². The van der Waals surface area contributed by atoms with E-state index in [2.05, 4.69) is 146 Å². The highest BCUT2D eigenvalue weighted by Crippen LogP contribution is 2.59. The van der Waals surface area contributed by atoms with Crippen LogP contribution in [0.5, 0.6) is 0 Å². The van der Waals surface area contributed by atoms with Crippen molar-refractivity contribution in [3.05, 3.63) is 58.7 Å². The van der Waals surface area contributed by atoms with Crippen molar-refractivity contribution in [3.8, 4) is 0 Å². The number of hydrogen-bond donors (Lipinski definition) is 1. The maximum absolute atomic E-state index is 6.51. The molecule has 0 fully saturated rings. The van der Waals surface area contributed by atoms with E-state index >= 15 is 0 Å². The van der Waals surface area contributed by atoms with Gasteiger partial charge in [-0.3, -0.25) is 0 Å². The predicted octanol–water partition coefficient (Wildman–Crippen LogP) is 12.0. The smallest absolute Gasteiger partial charge is 0.160 e. The molecule has 0 saturated carbocycles. The van der Waals surface area contributed by atoms with Crippen molar-refractivity contribution in [2.24, 2.45) is 10.9 Å². The molecule has 4 nitrogen and oxygen atoms in total. The van der Waals surface area contributed by atoms with Crippen molar-refractivity contribution in [2.75, 3.05) is 18.6 Å². The number of ether oxygens (including phenoxy) is 2. The first-order valence-corrected chi connectivity index (χ1v) is 17.9. The Bertz CT molecular complexity index is 1160. The molecule has 2 aromatic rings. The maximum Gasteiger partial charge on any atom is 0.160 e. The lowest BCUT2D eigenvalue weighted by atomic mass is 9.92. The van der Waals surface area contributed by atoms with E-state index in [1.807, 2.05) is 0 Å². The average molecular weight is 611 g/mol. The summed E-state index contributed by atoms with van der Waals surface area (Å²) in [5.74, 6) is 2.39. The summed E-state index contributed by atoms with van der Waals surface area (Å²) in [5.41, 5.74) is 7.26. The fourth-order valence-electron chi connectivity index (χ4n) is 5.97. The van der Waals surface area contributed by atoms with Gasteiger partial charge in [0.25, 0.3) is 0 Å². The molecule has 1 N–H and O–H groups in total. The number of amidine groups is 1. The number of nitrogens with zero attached hydrogens (tertiary/aromatic N) is 1. The summed E-state index contributed by atoms with van der Waals surface area (Å²) in [6.07, 6.45) is 0.445. The van der Waals surface area contributed by atoms with Gasteiger partial charge in [0.15, 0.2) is 6.29 Å². The first-order valence-electron chi connectivity index (χ1n) is 16.4. The molecule has 0 heterocycles. The average Bonchev–Trinajstić information content (AvgIpc) is 2.88. The molecule has 0 spiro atoms. The van der Waals surface area contributed by atoms with Gasteiger partial charge in [0, 0.05) is 30.4 Å². The summed E-state index contributed by atoms with van der Waals surface area (Å²) in [6, 6.07) is 13.3. The zero-order valence-electron chi connectivity index (χ0n) is 30.3. The summed E-state index contributed by atoms with van der Waals surface area (Å²) in [5, 5.41) is 4.33. The topological polar surface area (TPSA) is 42.9 Å². The minimum absolute atomic E-state index is 0.161. The van der Waals surface area contributed by atoms with Crippen LogP contribution in [0.15, 0.2) is 41.4 Å². The normalized spacial score (nSPS) is 14.9. The summed E-state index contributed by atoms with van der Waals surface area (Å²) in [7, 11) is 1.28. The quantitative estimate of drug-likeness (QED) is 0.112. The molecule has 43 heavy (non-hydrogen) atoms. The van der Waals surface area contributed by atoms with Gasteiger partial charge in [-0.2, -0.15) is 0 Å². The number of nitrogens with one attached hydrogen (secondary N) is 1. The summed E-state index contributed by atoms with van der Waals surface area (Å²) < 4.78 is 12.2. The van der Waals surface area contributed by atoms with E-state index in [0.717, 1.165) is 23.2 Å². The third-order valence-electron chi connectivity index (χ3n) is 8.09. The minimum atomic E-state index is -0.444. The molecule has 2 atom stereocenters. The van der Waals surface area contributed by atoms with Gasteiger partial charge in [-0.15, -0.1) is 0 Å². The first-order chi connectivity index (χ1) is 19.8. The van der Waals surface area contributed by atoms with Crippen LogP contribution in [0.1, 0.15) is 150 Å². The Balaban J connectivity index is 2.90. The highest BCUT2D eigenvalue weighted by atomic mass is 31.1. The molecule has 0 aromatic heterocycles. The van der Waals surface area contributed by atoms with E-state index in [-0.39, 0.29) is 28.6 Å². The van der Waals surface area contributed by atoms with E-state index < -0.39 is 7.92 Å². The maximum atomic E-state index is 6.51. The number of para-hydroxylation sites is 2. The van der Waals surface area contributed by atoms with Crippen molar-refractivity contribution in [2.45, 2.75) is 144 Å². The number of rotatable bonds is 12. The summed E-state index contributed by atoms with van der Waals surface area (Å²) in [4.78, 5) is 5.64. The number of hydrogen-bond acceptors (Lipinski definition) is 3. The Hall–Kier alpha value is -1.74. The standard InChI is InChI=1S/C38H63N2O2P/c1-24(2)29-19-17-20-30(25(3)4)34(29)39-33(23-43(37(10,11)12)38(13,14)15)40-35-31(26(5)6)21-18-22-32(35)28(9)42-36(41-16)27(7)8/h17-22,24-28,36H,23H2,1-16H3,(H,39,40). The molecule has 2 unspecified atom stereocenters. The van der Waals surface area contributed by atoms with Crippen LogP contribution in [0.3, 0.4) is 0 Å². The number of aliphatic imine (C=N–C) groups is 1. The Morgan fingerprint density at radius 3 is 1.56 bits per heavy atom. The second-order valence-electron chi connectivity index (χ2n) is 15.3. The third-order valence-corrected chi connectivity index (χ3v) is 11.9. The zero-order chi connectivity index (χ0) is 32.9. The third kappa shape index (κ3) is 10.1. The molecule has 5 heteroatoms. The van der Waals surface area contributed by atoms with Gasteiger partial charge in [0.1, 0.15) is 5.84 Å². The molecule has 0 aliphatic heterocycles. The van der Waals surface area contributed by atoms with Crippen molar-refractivity contribution in [1.29, 1.82) is 0 Å². The van der Waals surface area contributed by atoms with Crippen LogP contribution in [0.25, 0.3) is 0 Å². The summed E-state index contributed by atoms with van der Waals surface area (Å²) in [6.45, 7) is 34.4. The Morgan fingerprint density at radius 2 is 1.16 bits per heavy atom. The van der Waals surface area contributed by atoms with Crippen molar-refractivity contribution < 1.29 is 9.47 Å². The van der Waals surface area contributed by atoms with Crippen molar-refractivity contribution >= 4 is 25.1 Å². The van der Waals surface area contributed by atoms with E-state index in [4.69, 9.17) is 14.5 Å². The fourth-order valence-corrected chi connectivity index (χ4v) is 9.38. The number of benzene rings is 2. The molecule has 0 radical (unpaired) electrons. The van der Waals surface area contributed by atoms with E-state index in [1.165, 1.54) is 22.4 Å².